The van der Waals surface area contributed by atoms with E-state index in [1.807, 2.05) is 0 Å². The Labute approximate surface area is 142 Å². The van der Waals surface area contributed by atoms with Crippen LogP contribution in [0.1, 0.15) is 37.6 Å². The number of aromatic amines is 1. The molecule has 0 bridgehead atoms. The van der Waals surface area contributed by atoms with E-state index in [4.69, 9.17) is 4.74 Å². The van der Waals surface area contributed by atoms with Crippen molar-refractivity contribution < 1.29 is 9.53 Å². The van der Waals surface area contributed by atoms with Gasteiger partial charge in [-0.1, -0.05) is 18.7 Å². The second kappa shape index (κ2) is 6.65. The fourth-order valence-electron chi connectivity index (χ4n) is 2.86. The molecular weight excluding hydrogens is 332 g/mol. The van der Waals surface area contributed by atoms with Crippen LogP contribution in [0.3, 0.4) is 0 Å². The highest BCUT2D eigenvalue weighted by Crippen LogP contribution is 2.36. The van der Waals surface area contributed by atoms with Gasteiger partial charge in [-0.3, -0.25) is 9.59 Å². The molecule has 2 aromatic heterocycles. The van der Waals surface area contributed by atoms with E-state index in [1.165, 1.54) is 22.2 Å². The zero-order valence-corrected chi connectivity index (χ0v) is 15.1. The van der Waals surface area contributed by atoms with Crippen LogP contribution in [0.4, 0.5) is 0 Å². The van der Waals surface area contributed by atoms with Crippen LogP contribution in [0.2, 0.25) is 0 Å². The summed E-state index contributed by atoms with van der Waals surface area (Å²) < 4.78 is 4.99. The van der Waals surface area contributed by atoms with Crippen molar-refractivity contribution in [1.29, 1.82) is 0 Å². The molecular formula is C16H20N2O3S2. The number of nitrogens with zero attached hydrogens (tertiary/aromatic N) is 1. The molecule has 23 heavy (non-hydrogen) atoms. The lowest BCUT2D eigenvalue weighted by molar-refractivity contribution is -0.142. The van der Waals surface area contributed by atoms with E-state index in [2.05, 4.69) is 16.9 Å². The molecule has 0 fully saturated rings. The Balaban J connectivity index is 1.93. The van der Waals surface area contributed by atoms with Crippen molar-refractivity contribution in [3.05, 3.63) is 20.8 Å². The summed E-state index contributed by atoms with van der Waals surface area (Å²) in [4.78, 5) is 33.7. The number of nitrogens with one attached hydrogen (secondary N) is 1. The molecule has 1 N–H and O–H groups in total. The third kappa shape index (κ3) is 3.30. The van der Waals surface area contributed by atoms with Crippen molar-refractivity contribution in [1.82, 2.24) is 9.97 Å². The van der Waals surface area contributed by atoms with E-state index in [0.717, 1.165) is 29.5 Å². The maximum absolute atomic E-state index is 12.5. The van der Waals surface area contributed by atoms with Gasteiger partial charge in [0.1, 0.15) is 10.1 Å². The number of aryl methyl sites for hydroxylation is 1. The topological polar surface area (TPSA) is 72.0 Å². The van der Waals surface area contributed by atoms with Gasteiger partial charge in [-0.05, 0) is 44.6 Å². The molecule has 0 saturated carbocycles. The van der Waals surface area contributed by atoms with Crippen LogP contribution in [-0.2, 0) is 22.4 Å². The van der Waals surface area contributed by atoms with Crippen molar-refractivity contribution in [2.45, 2.75) is 50.4 Å². The number of ether oxygens (including phenoxy) is 1. The van der Waals surface area contributed by atoms with E-state index in [1.54, 1.807) is 25.2 Å². The minimum atomic E-state index is -0.398. The Morgan fingerprint density at radius 1 is 1.57 bits per heavy atom. The molecule has 2 atom stereocenters. The van der Waals surface area contributed by atoms with Gasteiger partial charge in [0.2, 0.25) is 0 Å². The summed E-state index contributed by atoms with van der Waals surface area (Å²) >= 11 is 2.85. The molecule has 1 aliphatic rings. The molecule has 0 radical (unpaired) electrons. The van der Waals surface area contributed by atoms with E-state index in [9.17, 15) is 9.59 Å². The molecule has 0 aliphatic heterocycles. The maximum Gasteiger partial charge on any atom is 0.319 e. The highest BCUT2D eigenvalue weighted by molar-refractivity contribution is 8.00. The van der Waals surface area contributed by atoms with Gasteiger partial charge in [-0.2, -0.15) is 0 Å². The van der Waals surface area contributed by atoms with Gasteiger partial charge in [-0.25, -0.2) is 4.98 Å². The summed E-state index contributed by atoms with van der Waals surface area (Å²) in [6, 6.07) is 0. The first-order valence-corrected chi connectivity index (χ1v) is 9.57. The van der Waals surface area contributed by atoms with Gasteiger partial charge in [0, 0.05) is 4.88 Å². The highest BCUT2D eigenvalue weighted by Gasteiger charge is 2.24. The minimum Gasteiger partial charge on any atom is -0.465 e. The van der Waals surface area contributed by atoms with Crippen molar-refractivity contribution in [2.24, 2.45) is 5.92 Å². The summed E-state index contributed by atoms with van der Waals surface area (Å²) in [6.07, 6.45) is 3.10. The average molecular weight is 352 g/mol. The highest BCUT2D eigenvalue weighted by atomic mass is 32.2. The predicted octanol–water partition coefficient (Wildman–Crippen LogP) is 3.15. The molecule has 3 rings (SSSR count). The molecule has 124 valence electrons. The largest absolute Gasteiger partial charge is 0.465 e. The smallest absolute Gasteiger partial charge is 0.319 e. The number of aromatic nitrogens is 2. The fourth-order valence-corrected chi connectivity index (χ4v) is 5.10. The van der Waals surface area contributed by atoms with Crippen molar-refractivity contribution >= 4 is 39.3 Å². The van der Waals surface area contributed by atoms with E-state index in [-0.39, 0.29) is 11.5 Å². The van der Waals surface area contributed by atoms with E-state index < -0.39 is 5.25 Å². The lowest BCUT2D eigenvalue weighted by atomic mass is 9.89. The first-order chi connectivity index (χ1) is 11.0. The molecule has 5 nitrogen and oxygen atoms in total. The molecule has 2 unspecified atom stereocenters. The second-order valence-corrected chi connectivity index (χ2v) is 8.33. The van der Waals surface area contributed by atoms with Crippen LogP contribution in [-0.4, -0.2) is 27.8 Å². The number of esters is 1. The Morgan fingerprint density at radius 2 is 2.35 bits per heavy atom. The van der Waals surface area contributed by atoms with Gasteiger partial charge in [0.25, 0.3) is 5.56 Å². The lowest BCUT2D eigenvalue weighted by Crippen LogP contribution is -2.18. The summed E-state index contributed by atoms with van der Waals surface area (Å²) in [5.41, 5.74) is 1.08. The second-order valence-electron chi connectivity index (χ2n) is 5.92. The van der Waals surface area contributed by atoms with Gasteiger partial charge >= 0.3 is 5.97 Å². The average Bonchev–Trinajstić information content (AvgIpc) is 2.84. The number of carbonyl (C=O) groups is 1. The summed E-state index contributed by atoms with van der Waals surface area (Å²) in [6.45, 7) is 6.13. The third-order valence-corrected chi connectivity index (χ3v) is 6.16. The van der Waals surface area contributed by atoms with Gasteiger partial charge < -0.3 is 9.72 Å². The Bertz CT molecular complexity index is 796. The van der Waals surface area contributed by atoms with E-state index >= 15 is 0 Å². The number of hydrogen-bond donors (Lipinski definition) is 1. The first kappa shape index (κ1) is 16.5. The fraction of sp³-hybridized carbons (Fsp3) is 0.562. The zero-order valence-electron chi connectivity index (χ0n) is 13.5. The van der Waals surface area contributed by atoms with E-state index in [0.29, 0.717) is 17.7 Å². The van der Waals surface area contributed by atoms with Crippen molar-refractivity contribution in [3.8, 4) is 0 Å². The van der Waals surface area contributed by atoms with Crippen LogP contribution in [0.5, 0.6) is 0 Å². The van der Waals surface area contributed by atoms with Crippen LogP contribution in [0.25, 0.3) is 10.2 Å². The van der Waals surface area contributed by atoms with Gasteiger partial charge in [0.15, 0.2) is 5.16 Å². The molecule has 1 aliphatic carbocycles. The number of hydrogen-bond acceptors (Lipinski definition) is 6. The summed E-state index contributed by atoms with van der Waals surface area (Å²) in [5.74, 6) is 0.367. The normalized spacial score (nSPS) is 18.7. The molecule has 0 amide bonds. The molecule has 0 aromatic carbocycles. The number of thiophene rings is 1. The molecule has 2 aromatic rings. The SMILES string of the molecule is CCOC(=O)C(C)Sc1nc2sc3c(c2c(=O)[nH]1)CCC(C)C3. The van der Waals surface area contributed by atoms with Crippen LogP contribution < -0.4 is 5.56 Å². The number of H-pyrrole nitrogens is 1. The van der Waals surface area contributed by atoms with Crippen LogP contribution >= 0.6 is 23.1 Å². The number of fused-ring (bicyclic) bond motifs is 3. The zero-order chi connectivity index (χ0) is 16.6. The Kier molecular flexibility index (Phi) is 4.77. The summed E-state index contributed by atoms with van der Waals surface area (Å²) in [5, 5.41) is 0.824. The maximum atomic E-state index is 12.5. The number of carbonyl (C=O) groups excluding carboxylic acids is 1. The van der Waals surface area contributed by atoms with Gasteiger partial charge in [0.05, 0.1) is 12.0 Å². The molecule has 0 spiro atoms. The van der Waals surface area contributed by atoms with Crippen LogP contribution in [0.15, 0.2) is 9.95 Å². The number of rotatable bonds is 4. The quantitative estimate of drug-likeness (QED) is 0.520. The van der Waals surface area contributed by atoms with Crippen molar-refractivity contribution in [3.63, 3.8) is 0 Å². The third-order valence-electron chi connectivity index (χ3n) is 4.05. The van der Waals surface area contributed by atoms with Crippen molar-refractivity contribution in [2.75, 3.05) is 6.61 Å². The first-order valence-electron chi connectivity index (χ1n) is 7.87. The summed E-state index contributed by atoms with van der Waals surface area (Å²) in [7, 11) is 0. The Hall–Kier alpha value is -1.34. The van der Waals surface area contributed by atoms with Crippen LogP contribution in [0, 0.1) is 5.92 Å². The molecule has 2 heterocycles. The van der Waals surface area contributed by atoms with Gasteiger partial charge in [-0.15, -0.1) is 11.3 Å². The molecule has 7 heteroatoms. The lowest BCUT2D eigenvalue weighted by Gasteiger charge is -2.17. The standard InChI is InChI=1S/C16H20N2O3S2/c1-4-21-15(20)9(3)22-16-17-13(19)12-10-6-5-8(2)7-11(10)23-14(12)18-16/h8-9H,4-7H2,1-3H3,(H,17,18,19). The monoisotopic (exact) mass is 352 g/mol. The molecule has 0 saturated heterocycles. The minimum absolute atomic E-state index is 0.0967. The predicted molar refractivity (Wildman–Crippen MR) is 93.4 cm³/mol. The Morgan fingerprint density at radius 3 is 3.09 bits per heavy atom. The number of thioether (sulfide) groups is 1.